The second kappa shape index (κ2) is 8.38. The van der Waals surface area contributed by atoms with Crippen LogP contribution in [0.2, 0.25) is 0 Å². The standard InChI is InChI=1S/C25H22F2N4/c26-18-9-10-20(22(27)14-18)16-8-11-23-21(13-16)25(29-19-6-2-1-3-7-19)31-24(30-23)17-5-4-12-28-15-17/h4-5,8-15,19H,1-3,6-7H2,(H,29,30,31). The van der Waals surface area contributed by atoms with Crippen LogP contribution in [0.25, 0.3) is 33.4 Å². The Morgan fingerprint density at radius 3 is 2.52 bits per heavy atom. The maximum Gasteiger partial charge on any atom is 0.163 e. The first-order valence-electron chi connectivity index (χ1n) is 10.6. The molecule has 6 heteroatoms. The van der Waals surface area contributed by atoms with Gasteiger partial charge in [-0.3, -0.25) is 4.98 Å². The Labute approximate surface area is 179 Å². The van der Waals surface area contributed by atoms with E-state index in [1.54, 1.807) is 12.4 Å². The van der Waals surface area contributed by atoms with Crippen molar-refractivity contribution in [3.63, 3.8) is 0 Å². The molecule has 1 aliphatic rings. The molecular weight excluding hydrogens is 394 g/mol. The van der Waals surface area contributed by atoms with Crippen molar-refractivity contribution >= 4 is 16.7 Å². The third kappa shape index (κ3) is 4.10. The Hall–Kier alpha value is -3.41. The lowest BCUT2D eigenvalue weighted by Gasteiger charge is -2.24. The fourth-order valence-electron chi connectivity index (χ4n) is 4.19. The average Bonchev–Trinajstić information content (AvgIpc) is 2.80. The quantitative estimate of drug-likeness (QED) is 0.419. The summed E-state index contributed by atoms with van der Waals surface area (Å²) in [5.41, 5.74) is 2.61. The Morgan fingerprint density at radius 1 is 0.871 bits per heavy atom. The lowest BCUT2D eigenvalue weighted by molar-refractivity contribution is 0.462. The van der Waals surface area contributed by atoms with Gasteiger partial charge in [0.25, 0.3) is 0 Å². The average molecular weight is 416 g/mol. The topological polar surface area (TPSA) is 50.7 Å². The number of nitrogens with one attached hydrogen (secondary N) is 1. The van der Waals surface area contributed by atoms with Crippen LogP contribution < -0.4 is 5.32 Å². The number of hydrogen-bond donors (Lipinski definition) is 1. The number of anilines is 1. The maximum atomic E-state index is 14.4. The van der Waals surface area contributed by atoms with Crippen LogP contribution in [0.3, 0.4) is 0 Å². The van der Waals surface area contributed by atoms with Gasteiger partial charge in [0.05, 0.1) is 5.52 Å². The minimum Gasteiger partial charge on any atom is -0.367 e. The Bertz CT molecular complexity index is 1220. The summed E-state index contributed by atoms with van der Waals surface area (Å²) < 4.78 is 27.8. The van der Waals surface area contributed by atoms with Gasteiger partial charge in [-0.15, -0.1) is 0 Å². The third-order valence-electron chi connectivity index (χ3n) is 5.80. The molecule has 0 unspecified atom stereocenters. The van der Waals surface area contributed by atoms with E-state index < -0.39 is 11.6 Å². The van der Waals surface area contributed by atoms with Gasteiger partial charge < -0.3 is 5.32 Å². The second-order valence-corrected chi connectivity index (χ2v) is 7.97. The zero-order valence-electron chi connectivity index (χ0n) is 17.0. The van der Waals surface area contributed by atoms with Crippen LogP contribution in [0.15, 0.2) is 60.9 Å². The molecule has 156 valence electrons. The number of fused-ring (bicyclic) bond motifs is 1. The summed E-state index contributed by atoms with van der Waals surface area (Å²) in [6, 6.07) is 13.3. The largest absolute Gasteiger partial charge is 0.367 e. The maximum absolute atomic E-state index is 14.4. The van der Waals surface area contributed by atoms with Crippen LogP contribution in [0.4, 0.5) is 14.6 Å². The van der Waals surface area contributed by atoms with Gasteiger partial charge in [-0.1, -0.05) is 25.3 Å². The van der Waals surface area contributed by atoms with Crippen molar-refractivity contribution in [2.45, 2.75) is 38.1 Å². The summed E-state index contributed by atoms with van der Waals surface area (Å²) in [6.45, 7) is 0. The van der Waals surface area contributed by atoms with Crippen molar-refractivity contribution < 1.29 is 8.78 Å². The zero-order valence-corrected chi connectivity index (χ0v) is 17.0. The molecule has 0 amide bonds. The summed E-state index contributed by atoms with van der Waals surface area (Å²) in [5.74, 6) is 0.153. The fraction of sp³-hybridized carbons (Fsp3) is 0.240. The molecule has 0 saturated heterocycles. The van der Waals surface area contributed by atoms with Crippen LogP contribution in [-0.4, -0.2) is 21.0 Å². The highest BCUT2D eigenvalue weighted by Gasteiger charge is 2.18. The Morgan fingerprint density at radius 2 is 1.74 bits per heavy atom. The number of nitrogens with zero attached hydrogens (tertiary/aromatic N) is 3. The first kappa shape index (κ1) is 19.5. The number of aromatic nitrogens is 3. The lowest BCUT2D eigenvalue weighted by Crippen LogP contribution is -2.23. The van der Waals surface area contributed by atoms with Crippen molar-refractivity contribution in [2.75, 3.05) is 5.32 Å². The van der Waals surface area contributed by atoms with Gasteiger partial charge in [0.1, 0.15) is 17.5 Å². The molecule has 2 heterocycles. The molecular formula is C25H22F2N4. The summed E-state index contributed by atoms with van der Waals surface area (Å²) in [4.78, 5) is 13.7. The SMILES string of the molecule is Fc1ccc(-c2ccc3nc(-c4cccnc4)nc(NC4CCCCC4)c3c2)c(F)c1. The summed E-state index contributed by atoms with van der Waals surface area (Å²) in [6.07, 6.45) is 9.31. The van der Waals surface area contributed by atoms with E-state index in [0.717, 1.165) is 41.2 Å². The zero-order chi connectivity index (χ0) is 21.2. The van der Waals surface area contributed by atoms with E-state index in [1.807, 2.05) is 30.3 Å². The van der Waals surface area contributed by atoms with E-state index in [1.165, 1.54) is 31.4 Å². The molecule has 4 aromatic rings. The van der Waals surface area contributed by atoms with E-state index >= 15 is 0 Å². The number of halogens is 2. The van der Waals surface area contributed by atoms with E-state index in [0.29, 0.717) is 23.0 Å². The van der Waals surface area contributed by atoms with Crippen LogP contribution in [-0.2, 0) is 0 Å². The fourth-order valence-corrected chi connectivity index (χ4v) is 4.19. The smallest absolute Gasteiger partial charge is 0.163 e. The van der Waals surface area contributed by atoms with Gasteiger partial charge in [-0.25, -0.2) is 18.7 Å². The monoisotopic (exact) mass is 416 g/mol. The summed E-state index contributed by atoms with van der Waals surface area (Å²) in [7, 11) is 0. The predicted molar refractivity (Wildman–Crippen MR) is 119 cm³/mol. The normalized spacial score (nSPS) is 14.6. The molecule has 31 heavy (non-hydrogen) atoms. The minimum atomic E-state index is -0.592. The third-order valence-corrected chi connectivity index (χ3v) is 5.80. The van der Waals surface area contributed by atoms with Crippen LogP contribution in [0, 0.1) is 11.6 Å². The van der Waals surface area contributed by atoms with Crippen LogP contribution >= 0.6 is 0 Å². The van der Waals surface area contributed by atoms with Gasteiger partial charge in [-0.2, -0.15) is 0 Å². The number of hydrogen-bond acceptors (Lipinski definition) is 4. The molecule has 1 N–H and O–H groups in total. The number of pyridine rings is 1. The molecule has 4 nitrogen and oxygen atoms in total. The molecule has 2 aromatic heterocycles. The number of benzene rings is 2. The van der Waals surface area contributed by atoms with Crippen molar-refractivity contribution in [1.82, 2.24) is 15.0 Å². The molecule has 1 fully saturated rings. The van der Waals surface area contributed by atoms with Crippen molar-refractivity contribution in [3.8, 4) is 22.5 Å². The van der Waals surface area contributed by atoms with E-state index in [2.05, 4.69) is 10.3 Å². The van der Waals surface area contributed by atoms with Gasteiger partial charge in [0, 0.05) is 41.0 Å². The lowest BCUT2D eigenvalue weighted by atomic mass is 9.95. The summed E-state index contributed by atoms with van der Waals surface area (Å²) in [5, 5.41) is 4.43. The highest BCUT2D eigenvalue weighted by molar-refractivity contribution is 5.94. The molecule has 1 aliphatic carbocycles. The Balaban J connectivity index is 1.64. The van der Waals surface area contributed by atoms with Gasteiger partial charge in [0.15, 0.2) is 5.82 Å². The molecule has 2 aromatic carbocycles. The molecule has 1 saturated carbocycles. The molecule has 0 atom stereocenters. The van der Waals surface area contributed by atoms with Gasteiger partial charge in [-0.05, 0) is 54.8 Å². The highest BCUT2D eigenvalue weighted by Crippen LogP contribution is 2.32. The van der Waals surface area contributed by atoms with Crippen molar-refractivity contribution in [1.29, 1.82) is 0 Å². The first-order chi connectivity index (χ1) is 15.2. The minimum absolute atomic E-state index is 0.347. The van der Waals surface area contributed by atoms with Gasteiger partial charge in [0.2, 0.25) is 0 Å². The van der Waals surface area contributed by atoms with E-state index in [9.17, 15) is 8.78 Å². The second-order valence-electron chi connectivity index (χ2n) is 7.97. The Kier molecular flexibility index (Phi) is 5.28. The van der Waals surface area contributed by atoms with E-state index in [-0.39, 0.29) is 0 Å². The summed E-state index contributed by atoms with van der Waals surface area (Å²) >= 11 is 0. The molecule has 5 rings (SSSR count). The predicted octanol–water partition coefficient (Wildman–Crippen LogP) is 6.38. The van der Waals surface area contributed by atoms with Crippen molar-refractivity contribution in [2.24, 2.45) is 0 Å². The molecule has 0 radical (unpaired) electrons. The van der Waals surface area contributed by atoms with E-state index in [4.69, 9.17) is 9.97 Å². The first-order valence-corrected chi connectivity index (χ1v) is 10.6. The molecule has 0 aliphatic heterocycles. The number of rotatable bonds is 4. The van der Waals surface area contributed by atoms with Gasteiger partial charge >= 0.3 is 0 Å². The van der Waals surface area contributed by atoms with Crippen molar-refractivity contribution in [3.05, 3.63) is 72.6 Å². The van der Waals surface area contributed by atoms with Crippen LogP contribution in [0.5, 0.6) is 0 Å². The molecule has 0 spiro atoms. The highest BCUT2D eigenvalue weighted by atomic mass is 19.1. The van der Waals surface area contributed by atoms with Crippen LogP contribution in [0.1, 0.15) is 32.1 Å². The molecule has 0 bridgehead atoms.